The van der Waals surface area contributed by atoms with Crippen LogP contribution in [0.5, 0.6) is 0 Å². The fourth-order valence-electron chi connectivity index (χ4n) is 3.94. The maximum absolute atomic E-state index is 11.8. The zero-order valence-corrected chi connectivity index (χ0v) is 22.2. The number of rotatable bonds is 22. The Morgan fingerprint density at radius 1 is 0.618 bits per heavy atom. The second-order valence-electron chi connectivity index (χ2n) is 9.27. The molecule has 1 rings (SSSR count). The molecular weight excluding hydrogens is 448 g/mol. The molecule has 4 nitrogen and oxygen atoms in total. The molecular formula is C29H47ClO4. The summed E-state index contributed by atoms with van der Waals surface area (Å²) in [5.74, 6) is -0.489. The van der Waals surface area contributed by atoms with Crippen LogP contribution in [0, 0.1) is 0 Å². The lowest BCUT2D eigenvalue weighted by molar-refractivity contribution is -0.145. The van der Waals surface area contributed by atoms with E-state index >= 15 is 0 Å². The van der Waals surface area contributed by atoms with Crippen molar-refractivity contribution in [3.8, 4) is 0 Å². The summed E-state index contributed by atoms with van der Waals surface area (Å²) < 4.78 is 10.5. The molecule has 0 bridgehead atoms. The number of hydrogen-bond acceptors (Lipinski definition) is 4. The molecule has 0 saturated heterocycles. The maximum Gasteiger partial charge on any atom is 0.305 e. The van der Waals surface area contributed by atoms with Crippen molar-refractivity contribution < 1.29 is 19.1 Å². The van der Waals surface area contributed by atoms with E-state index in [1.54, 1.807) is 0 Å². The Kier molecular flexibility index (Phi) is 19.7. The maximum atomic E-state index is 11.8. The average Bonchev–Trinajstić information content (AvgIpc) is 2.83. The van der Waals surface area contributed by atoms with Gasteiger partial charge in [0.2, 0.25) is 0 Å². The first-order valence-corrected chi connectivity index (χ1v) is 14.0. The van der Waals surface area contributed by atoms with E-state index in [1.165, 1.54) is 77.0 Å². The van der Waals surface area contributed by atoms with E-state index in [0.717, 1.165) is 18.4 Å². The van der Waals surface area contributed by atoms with Crippen molar-refractivity contribution in [1.29, 1.82) is 0 Å². The Morgan fingerprint density at radius 3 is 1.56 bits per heavy atom. The molecule has 0 spiro atoms. The Morgan fingerprint density at radius 2 is 1.06 bits per heavy atom. The zero-order chi connectivity index (χ0) is 24.7. The Hall–Kier alpha value is -1.55. The van der Waals surface area contributed by atoms with E-state index in [1.807, 2.05) is 24.3 Å². The van der Waals surface area contributed by atoms with Crippen LogP contribution in [0.2, 0.25) is 5.02 Å². The van der Waals surface area contributed by atoms with Gasteiger partial charge in [-0.25, -0.2) is 0 Å². The minimum Gasteiger partial charge on any atom is -0.466 e. The summed E-state index contributed by atoms with van der Waals surface area (Å²) in [4.78, 5) is 23.6. The lowest BCUT2D eigenvalue weighted by Crippen LogP contribution is -2.10. The van der Waals surface area contributed by atoms with E-state index < -0.39 is 0 Å². The van der Waals surface area contributed by atoms with Gasteiger partial charge in [-0.05, 0) is 30.5 Å². The third kappa shape index (κ3) is 18.8. The zero-order valence-electron chi connectivity index (χ0n) is 21.5. The van der Waals surface area contributed by atoms with Gasteiger partial charge in [0.05, 0.1) is 13.2 Å². The largest absolute Gasteiger partial charge is 0.466 e. The van der Waals surface area contributed by atoms with Crippen molar-refractivity contribution in [2.45, 2.75) is 122 Å². The van der Waals surface area contributed by atoms with Crippen LogP contribution in [-0.2, 0) is 25.5 Å². The van der Waals surface area contributed by atoms with Gasteiger partial charge in [0, 0.05) is 24.3 Å². The minimum absolute atomic E-state index is 0.219. The molecule has 0 aromatic heterocycles. The molecule has 0 amide bonds. The van der Waals surface area contributed by atoms with Crippen molar-refractivity contribution >= 4 is 23.5 Å². The van der Waals surface area contributed by atoms with Crippen LogP contribution in [0.3, 0.4) is 0 Å². The third-order valence-electron chi connectivity index (χ3n) is 6.09. The van der Waals surface area contributed by atoms with E-state index in [9.17, 15) is 9.59 Å². The fraction of sp³-hybridized carbons (Fsp3) is 0.724. The van der Waals surface area contributed by atoms with Gasteiger partial charge in [-0.1, -0.05) is 114 Å². The SMILES string of the molecule is CCCCCCCCCCCCCCCCOC(=O)CCCC(=O)OCCc1ccc(Cl)cc1. The normalized spacial score (nSPS) is 10.9. The highest BCUT2D eigenvalue weighted by Gasteiger charge is 2.07. The summed E-state index contributed by atoms with van der Waals surface area (Å²) in [6.45, 7) is 3.09. The highest BCUT2D eigenvalue weighted by molar-refractivity contribution is 6.30. The molecule has 0 fully saturated rings. The van der Waals surface area contributed by atoms with Gasteiger partial charge in [0.25, 0.3) is 0 Å². The van der Waals surface area contributed by atoms with Crippen molar-refractivity contribution in [2.75, 3.05) is 13.2 Å². The number of ether oxygens (including phenoxy) is 2. The molecule has 0 aliphatic carbocycles. The van der Waals surface area contributed by atoms with E-state index in [-0.39, 0.29) is 24.8 Å². The van der Waals surface area contributed by atoms with Crippen molar-refractivity contribution in [1.82, 2.24) is 0 Å². The van der Waals surface area contributed by atoms with Crippen LogP contribution >= 0.6 is 11.6 Å². The number of unbranched alkanes of at least 4 members (excludes halogenated alkanes) is 13. The number of halogens is 1. The van der Waals surface area contributed by atoms with Crippen LogP contribution in [0.15, 0.2) is 24.3 Å². The first-order valence-electron chi connectivity index (χ1n) is 13.7. The van der Waals surface area contributed by atoms with Crippen LogP contribution in [-0.4, -0.2) is 25.2 Å². The molecule has 0 saturated carbocycles. The number of carbonyl (C=O) groups is 2. The Balaban J connectivity index is 1.82. The molecule has 0 heterocycles. The van der Waals surface area contributed by atoms with Gasteiger partial charge in [-0.3, -0.25) is 9.59 Å². The summed E-state index contributed by atoms with van der Waals surface area (Å²) >= 11 is 5.85. The van der Waals surface area contributed by atoms with Crippen molar-refractivity contribution in [2.24, 2.45) is 0 Å². The number of esters is 2. The van der Waals surface area contributed by atoms with Gasteiger partial charge < -0.3 is 9.47 Å². The van der Waals surface area contributed by atoms with Gasteiger partial charge in [0.15, 0.2) is 0 Å². The second-order valence-corrected chi connectivity index (χ2v) is 9.70. The van der Waals surface area contributed by atoms with E-state index in [4.69, 9.17) is 21.1 Å². The van der Waals surface area contributed by atoms with E-state index in [2.05, 4.69) is 6.92 Å². The topological polar surface area (TPSA) is 52.6 Å². The quantitative estimate of drug-likeness (QED) is 0.119. The monoisotopic (exact) mass is 494 g/mol. The molecule has 0 atom stereocenters. The van der Waals surface area contributed by atoms with Crippen LogP contribution in [0.4, 0.5) is 0 Å². The molecule has 0 unspecified atom stereocenters. The predicted molar refractivity (Wildman–Crippen MR) is 141 cm³/mol. The summed E-state index contributed by atoms with van der Waals surface area (Å²) in [5, 5.41) is 0.692. The lowest BCUT2D eigenvalue weighted by atomic mass is 10.0. The first kappa shape index (κ1) is 30.5. The first-order chi connectivity index (χ1) is 16.6. The smallest absolute Gasteiger partial charge is 0.305 e. The fourth-order valence-corrected chi connectivity index (χ4v) is 4.06. The van der Waals surface area contributed by atoms with Gasteiger partial charge in [-0.15, -0.1) is 0 Å². The highest BCUT2D eigenvalue weighted by Crippen LogP contribution is 2.13. The molecule has 0 N–H and O–H groups in total. The molecule has 0 radical (unpaired) electrons. The van der Waals surface area contributed by atoms with Crippen LogP contribution < -0.4 is 0 Å². The second kappa shape index (κ2) is 21.9. The molecule has 0 aliphatic heterocycles. The molecule has 0 aliphatic rings. The summed E-state index contributed by atoms with van der Waals surface area (Å²) in [6.07, 6.45) is 20.0. The Labute approximate surface area is 213 Å². The molecule has 1 aromatic carbocycles. The van der Waals surface area contributed by atoms with E-state index in [0.29, 0.717) is 31.1 Å². The minimum atomic E-state index is -0.270. The third-order valence-corrected chi connectivity index (χ3v) is 6.34. The molecule has 5 heteroatoms. The number of hydrogen-bond donors (Lipinski definition) is 0. The van der Waals surface area contributed by atoms with Crippen LogP contribution in [0.25, 0.3) is 0 Å². The van der Waals surface area contributed by atoms with Gasteiger partial charge in [0.1, 0.15) is 0 Å². The van der Waals surface area contributed by atoms with Crippen molar-refractivity contribution in [3.05, 3.63) is 34.9 Å². The molecule has 194 valence electrons. The highest BCUT2D eigenvalue weighted by atomic mass is 35.5. The van der Waals surface area contributed by atoms with Crippen LogP contribution in [0.1, 0.15) is 122 Å². The number of benzene rings is 1. The standard InChI is InChI=1S/C29H47ClO4/c1-2-3-4-5-6-7-8-9-10-11-12-13-14-15-24-33-28(31)17-16-18-29(32)34-25-23-26-19-21-27(30)22-20-26/h19-22H,2-18,23-25H2,1H3. The summed E-state index contributed by atoms with van der Waals surface area (Å²) in [5.41, 5.74) is 1.07. The predicted octanol–water partition coefficient (Wildman–Crippen LogP) is 8.62. The van der Waals surface area contributed by atoms with Crippen molar-refractivity contribution in [3.63, 3.8) is 0 Å². The molecule has 34 heavy (non-hydrogen) atoms. The summed E-state index contributed by atoms with van der Waals surface area (Å²) in [6, 6.07) is 7.49. The van der Waals surface area contributed by atoms with Gasteiger partial charge in [-0.2, -0.15) is 0 Å². The Bertz CT molecular complexity index is 630. The summed E-state index contributed by atoms with van der Waals surface area (Å²) in [7, 11) is 0. The number of carbonyl (C=O) groups excluding carboxylic acids is 2. The average molecular weight is 495 g/mol. The molecule has 1 aromatic rings. The van der Waals surface area contributed by atoms with Gasteiger partial charge >= 0.3 is 11.9 Å². The lowest BCUT2D eigenvalue weighted by Gasteiger charge is -2.06.